The highest BCUT2D eigenvalue weighted by Crippen LogP contribution is 2.40. The van der Waals surface area contributed by atoms with Gasteiger partial charge in [0.15, 0.2) is 5.76 Å². The van der Waals surface area contributed by atoms with Crippen LogP contribution in [0.15, 0.2) is 53.1 Å². The molecule has 3 rings (SSSR count). The van der Waals surface area contributed by atoms with Crippen LogP contribution in [0.4, 0.5) is 0 Å². The predicted octanol–water partition coefficient (Wildman–Crippen LogP) is 2.68. The standard InChI is InChI=1S/C18H17NO5S/c1-24-8-7-19-15(11-4-2-5-12(20)10-11)14(17(22)18(19)23)16(21)13-6-3-9-25-13/h2-6,9-10,15,20,22H,7-8H2,1H3. The van der Waals surface area contributed by atoms with Crippen LogP contribution in [0.1, 0.15) is 21.3 Å². The number of thiophene rings is 1. The molecule has 1 aromatic carbocycles. The van der Waals surface area contributed by atoms with Crippen molar-refractivity contribution >= 4 is 23.0 Å². The third kappa shape index (κ3) is 3.16. The molecule has 6 nitrogen and oxygen atoms in total. The molecule has 0 radical (unpaired) electrons. The second-order valence-electron chi connectivity index (χ2n) is 5.56. The number of aliphatic hydroxyl groups excluding tert-OH is 1. The number of methoxy groups -OCH3 is 1. The van der Waals surface area contributed by atoms with E-state index in [4.69, 9.17) is 4.74 Å². The molecule has 0 spiro atoms. The SMILES string of the molecule is COCCN1C(=O)C(O)=C(C(=O)c2cccs2)C1c1cccc(O)c1. The number of aliphatic hydroxyl groups is 1. The fraction of sp³-hybridized carbons (Fsp3) is 0.222. The Labute approximate surface area is 148 Å². The van der Waals surface area contributed by atoms with Gasteiger partial charge in [0.05, 0.1) is 23.1 Å². The van der Waals surface area contributed by atoms with E-state index in [0.717, 1.165) is 0 Å². The Morgan fingerprint density at radius 3 is 2.72 bits per heavy atom. The van der Waals surface area contributed by atoms with Crippen molar-refractivity contribution in [1.29, 1.82) is 0 Å². The second kappa shape index (κ2) is 7.08. The highest BCUT2D eigenvalue weighted by atomic mass is 32.1. The number of hydrogen-bond donors (Lipinski definition) is 2. The molecule has 1 aliphatic rings. The van der Waals surface area contributed by atoms with Gasteiger partial charge in [0, 0.05) is 13.7 Å². The molecule has 0 fully saturated rings. The number of rotatable bonds is 6. The lowest BCUT2D eigenvalue weighted by Gasteiger charge is -2.26. The maximum Gasteiger partial charge on any atom is 0.290 e. The summed E-state index contributed by atoms with van der Waals surface area (Å²) in [6, 6.07) is 8.93. The zero-order valence-electron chi connectivity index (χ0n) is 13.5. The average molecular weight is 359 g/mol. The molecule has 7 heteroatoms. The first-order valence-corrected chi connectivity index (χ1v) is 8.52. The van der Waals surface area contributed by atoms with Gasteiger partial charge < -0.3 is 19.8 Å². The number of hydrogen-bond acceptors (Lipinski definition) is 6. The fourth-order valence-electron chi connectivity index (χ4n) is 2.89. The van der Waals surface area contributed by atoms with Gasteiger partial charge >= 0.3 is 0 Å². The molecule has 1 amide bonds. The Morgan fingerprint density at radius 1 is 1.28 bits per heavy atom. The molecular weight excluding hydrogens is 342 g/mol. The first kappa shape index (κ1) is 17.2. The van der Waals surface area contributed by atoms with Crippen molar-refractivity contribution in [3.05, 3.63) is 63.6 Å². The summed E-state index contributed by atoms with van der Waals surface area (Å²) in [6.45, 7) is 0.468. The van der Waals surface area contributed by atoms with E-state index in [2.05, 4.69) is 0 Å². The summed E-state index contributed by atoms with van der Waals surface area (Å²) in [5.74, 6) is -1.55. The number of nitrogens with zero attached hydrogens (tertiary/aromatic N) is 1. The Kier molecular flexibility index (Phi) is 4.87. The van der Waals surface area contributed by atoms with E-state index >= 15 is 0 Å². The number of benzene rings is 1. The number of carbonyl (C=O) groups is 2. The maximum atomic E-state index is 12.9. The Morgan fingerprint density at radius 2 is 2.08 bits per heavy atom. The molecule has 25 heavy (non-hydrogen) atoms. The first-order valence-electron chi connectivity index (χ1n) is 7.64. The average Bonchev–Trinajstić information content (AvgIpc) is 3.21. The molecule has 0 bridgehead atoms. The van der Waals surface area contributed by atoms with E-state index in [-0.39, 0.29) is 24.5 Å². The topological polar surface area (TPSA) is 87.1 Å². The highest BCUT2D eigenvalue weighted by Gasteiger charge is 2.43. The number of carbonyl (C=O) groups excluding carboxylic acids is 2. The zero-order chi connectivity index (χ0) is 18.0. The van der Waals surface area contributed by atoms with Crippen LogP contribution in [0.25, 0.3) is 0 Å². The number of aromatic hydroxyl groups is 1. The second-order valence-corrected chi connectivity index (χ2v) is 6.51. The van der Waals surface area contributed by atoms with E-state index in [0.29, 0.717) is 10.4 Å². The van der Waals surface area contributed by atoms with Crippen molar-refractivity contribution in [1.82, 2.24) is 4.90 Å². The van der Waals surface area contributed by atoms with Gasteiger partial charge in [-0.05, 0) is 29.1 Å². The van der Waals surface area contributed by atoms with E-state index < -0.39 is 23.5 Å². The van der Waals surface area contributed by atoms with Crippen molar-refractivity contribution < 1.29 is 24.5 Å². The molecule has 1 aliphatic heterocycles. The van der Waals surface area contributed by atoms with Crippen LogP contribution < -0.4 is 0 Å². The first-order chi connectivity index (χ1) is 12.0. The van der Waals surface area contributed by atoms with Crippen molar-refractivity contribution in [2.45, 2.75) is 6.04 Å². The van der Waals surface area contributed by atoms with Gasteiger partial charge in [0.1, 0.15) is 5.75 Å². The third-order valence-electron chi connectivity index (χ3n) is 4.02. The van der Waals surface area contributed by atoms with E-state index in [1.165, 1.54) is 35.5 Å². The lowest BCUT2D eigenvalue weighted by Crippen LogP contribution is -2.33. The van der Waals surface area contributed by atoms with Gasteiger partial charge in [-0.25, -0.2) is 0 Å². The minimum absolute atomic E-state index is 0.0194. The van der Waals surface area contributed by atoms with E-state index in [1.807, 2.05) is 0 Å². The highest BCUT2D eigenvalue weighted by molar-refractivity contribution is 7.12. The van der Waals surface area contributed by atoms with Crippen molar-refractivity contribution in [3.63, 3.8) is 0 Å². The third-order valence-corrected chi connectivity index (χ3v) is 4.88. The van der Waals surface area contributed by atoms with Crippen LogP contribution in [-0.4, -0.2) is 47.1 Å². The van der Waals surface area contributed by atoms with Crippen LogP contribution in [0.3, 0.4) is 0 Å². The molecule has 1 unspecified atom stereocenters. The summed E-state index contributed by atoms with van der Waals surface area (Å²) in [7, 11) is 1.51. The lowest BCUT2D eigenvalue weighted by atomic mass is 9.95. The number of phenols is 1. The Balaban J connectivity index is 2.08. The zero-order valence-corrected chi connectivity index (χ0v) is 14.3. The quantitative estimate of drug-likeness (QED) is 0.775. The predicted molar refractivity (Wildman–Crippen MR) is 92.7 cm³/mol. The molecular formula is C18H17NO5S. The summed E-state index contributed by atoms with van der Waals surface area (Å²) in [5, 5.41) is 21.9. The minimum Gasteiger partial charge on any atom is -0.508 e. The number of ether oxygens (including phenoxy) is 1. The smallest absolute Gasteiger partial charge is 0.290 e. The summed E-state index contributed by atoms with van der Waals surface area (Å²) in [6.07, 6.45) is 0. The molecule has 0 saturated heterocycles. The normalized spacial score (nSPS) is 17.4. The van der Waals surface area contributed by atoms with E-state index in [1.54, 1.807) is 29.6 Å². The van der Waals surface area contributed by atoms with Crippen LogP contribution in [0, 0.1) is 0 Å². The summed E-state index contributed by atoms with van der Waals surface area (Å²) >= 11 is 1.24. The van der Waals surface area contributed by atoms with E-state index in [9.17, 15) is 19.8 Å². The Hall–Kier alpha value is -2.64. The van der Waals surface area contributed by atoms with Gasteiger partial charge in [0.25, 0.3) is 5.91 Å². The number of phenolic OH excluding ortho intramolecular Hbond substituents is 1. The Bertz CT molecular complexity index is 828. The molecule has 2 heterocycles. The minimum atomic E-state index is -0.774. The fourth-order valence-corrected chi connectivity index (χ4v) is 3.57. The summed E-state index contributed by atoms with van der Waals surface area (Å²) in [4.78, 5) is 27.2. The number of ketones is 1. The number of Topliss-reactive ketones (excluding diaryl/α,β-unsaturated/α-hetero) is 1. The maximum absolute atomic E-state index is 12.9. The molecule has 130 valence electrons. The lowest BCUT2D eigenvalue weighted by molar-refractivity contribution is -0.130. The molecule has 0 aliphatic carbocycles. The van der Waals surface area contributed by atoms with Crippen molar-refractivity contribution in [2.24, 2.45) is 0 Å². The van der Waals surface area contributed by atoms with Crippen LogP contribution >= 0.6 is 11.3 Å². The van der Waals surface area contributed by atoms with Gasteiger partial charge in [0.2, 0.25) is 5.78 Å². The van der Waals surface area contributed by atoms with Gasteiger partial charge in [-0.15, -0.1) is 11.3 Å². The molecule has 1 atom stereocenters. The van der Waals surface area contributed by atoms with Crippen LogP contribution in [0.2, 0.25) is 0 Å². The summed E-state index contributed by atoms with van der Waals surface area (Å²) < 4.78 is 5.04. The number of amides is 1. The van der Waals surface area contributed by atoms with Crippen LogP contribution in [-0.2, 0) is 9.53 Å². The molecule has 0 saturated carbocycles. The molecule has 1 aromatic heterocycles. The largest absolute Gasteiger partial charge is 0.508 e. The summed E-state index contributed by atoms with van der Waals surface area (Å²) in [5.41, 5.74) is 0.572. The monoisotopic (exact) mass is 359 g/mol. The molecule has 2 aromatic rings. The molecule has 2 N–H and O–H groups in total. The van der Waals surface area contributed by atoms with Gasteiger partial charge in [-0.2, -0.15) is 0 Å². The van der Waals surface area contributed by atoms with Gasteiger partial charge in [-0.3, -0.25) is 9.59 Å². The van der Waals surface area contributed by atoms with Crippen molar-refractivity contribution in [3.8, 4) is 5.75 Å². The van der Waals surface area contributed by atoms with Crippen LogP contribution in [0.5, 0.6) is 5.75 Å². The van der Waals surface area contributed by atoms with Crippen molar-refractivity contribution in [2.75, 3.05) is 20.3 Å². The van der Waals surface area contributed by atoms with Gasteiger partial charge in [-0.1, -0.05) is 18.2 Å².